The van der Waals surface area contributed by atoms with E-state index in [9.17, 15) is 0 Å². The molecule has 0 atom stereocenters. The highest BCUT2D eigenvalue weighted by Gasteiger charge is 2.10. The first-order chi connectivity index (χ1) is 9.78. The molecule has 0 saturated carbocycles. The molecule has 0 spiro atoms. The average molecular weight is 289 g/mol. The first-order valence-corrected chi connectivity index (χ1v) is 7.30. The fourth-order valence-corrected chi connectivity index (χ4v) is 2.61. The van der Waals surface area contributed by atoms with E-state index in [1.807, 2.05) is 16.9 Å². The first-order valence-electron chi connectivity index (χ1n) is 6.77. The Hall–Kier alpha value is -1.81. The van der Waals surface area contributed by atoms with Gasteiger partial charge >= 0.3 is 0 Å². The third-order valence-electron chi connectivity index (χ3n) is 3.41. The minimum atomic E-state index is 0.587. The van der Waals surface area contributed by atoms with Crippen LogP contribution < -0.4 is 0 Å². The topological polar surface area (TPSA) is 35.6 Å². The number of benzene rings is 1. The van der Waals surface area contributed by atoms with E-state index in [4.69, 9.17) is 16.6 Å². The van der Waals surface area contributed by atoms with Crippen LogP contribution in [0.3, 0.4) is 0 Å². The summed E-state index contributed by atoms with van der Waals surface area (Å²) in [5.74, 6) is 1.64. The summed E-state index contributed by atoms with van der Waals surface area (Å²) in [4.78, 5) is 4.69. The zero-order chi connectivity index (χ0) is 13.9. The number of hydrogen-bond donors (Lipinski definition) is 0. The Balaban J connectivity index is 1.96. The van der Waals surface area contributed by atoms with Gasteiger partial charge in [0.25, 0.3) is 0 Å². The number of nitrogens with zero attached hydrogens (tertiary/aromatic N) is 4. The number of imidazole rings is 1. The number of aryl methyl sites for hydroxylation is 4. The molecule has 104 valence electrons. The SMILES string of the molecule is Cc1ccc2nc(CCCl)n(CCn3cccn3)c2c1. The minimum absolute atomic E-state index is 0.587. The van der Waals surface area contributed by atoms with Crippen LogP contribution in [0, 0.1) is 6.92 Å². The molecule has 2 aromatic heterocycles. The van der Waals surface area contributed by atoms with Crippen molar-refractivity contribution in [2.45, 2.75) is 26.4 Å². The highest BCUT2D eigenvalue weighted by Crippen LogP contribution is 2.19. The molecule has 0 radical (unpaired) electrons. The highest BCUT2D eigenvalue weighted by atomic mass is 35.5. The van der Waals surface area contributed by atoms with Crippen molar-refractivity contribution in [1.29, 1.82) is 0 Å². The van der Waals surface area contributed by atoms with Gasteiger partial charge in [-0.1, -0.05) is 6.07 Å². The van der Waals surface area contributed by atoms with E-state index in [2.05, 4.69) is 34.8 Å². The van der Waals surface area contributed by atoms with Crippen LogP contribution in [0.2, 0.25) is 0 Å². The van der Waals surface area contributed by atoms with E-state index in [1.165, 1.54) is 11.1 Å². The van der Waals surface area contributed by atoms with Crippen LogP contribution in [0.25, 0.3) is 11.0 Å². The van der Waals surface area contributed by atoms with Crippen molar-refractivity contribution in [3.63, 3.8) is 0 Å². The number of alkyl halides is 1. The van der Waals surface area contributed by atoms with Crippen molar-refractivity contribution in [2.24, 2.45) is 0 Å². The molecule has 0 N–H and O–H groups in total. The third kappa shape index (κ3) is 2.56. The average Bonchev–Trinajstić information content (AvgIpc) is 3.04. The molecule has 2 heterocycles. The lowest BCUT2D eigenvalue weighted by atomic mass is 10.2. The standard InChI is InChI=1S/C15H17ClN4/c1-12-3-4-13-14(11-12)20(15(18-13)5-6-16)10-9-19-8-2-7-17-19/h2-4,7-8,11H,5-6,9-10H2,1H3. The molecular formula is C15H17ClN4. The number of aromatic nitrogens is 4. The molecule has 0 saturated heterocycles. The van der Waals surface area contributed by atoms with Crippen LogP contribution in [0.1, 0.15) is 11.4 Å². The quantitative estimate of drug-likeness (QED) is 0.677. The fraction of sp³-hybridized carbons (Fsp3) is 0.333. The van der Waals surface area contributed by atoms with E-state index in [0.717, 1.165) is 30.9 Å². The van der Waals surface area contributed by atoms with Crippen molar-refractivity contribution in [1.82, 2.24) is 19.3 Å². The van der Waals surface area contributed by atoms with Crippen molar-refractivity contribution in [3.05, 3.63) is 48.0 Å². The Kier molecular flexibility index (Phi) is 3.74. The van der Waals surface area contributed by atoms with Crippen molar-refractivity contribution < 1.29 is 0 Å². The van der Waals surface area contributed by atoms with Gasteiger partial charge in [-0.3, -0.25) is 4.68 Å². The van der Waals surface area contributed by atoms with Crippen LogP contribution in [-0.2, 0) is 19.5 Å². The second kappa shape index (κ2) is 5.67. The maximum atomic E-state index is 5.90. The van der Waals surface area contributed by atoms with Gasteiger partial charge in [-0.15, -0.1) is 11.6 Å². The Labute approximate surface area is 123 Å². The van der Waals surface area contributed by atoms with Gasteiger partial charge in [-0.25, -0.2) is 4.98 Å². The molecule has 0 aliphatic carbocycles. The summed E-state index contributed by atoms with van der Waals surface area (Å²) in [6.45, 7) is 3.79. The van der Waals surface area contributed by atoms with Crippen LogP contribution >= 0.6 is 11.6 Å². The Bertz CT molecular complexity index is 700. The number of rotatable bonds is 5. The molecule has 4 nitrogen and oxygen atoms in total. The second-order valence-corrected chi connectivity index (χ2v) is 5.26. The normalized spacial score (nSPS) is 11.3. The predicted molar refractivity (Wildman–Crippen MR) is 81.1 cm³/mol. The van der Waals surface area contributed by atoms with Crippen molar-refractivity contribution in [3.8, 4) is 0 Å². The summed E-state index contributed by atoms with van der Waals surface area (Å²) in [5.41, 5.74) is 3.46. The Morgan fingerprint density at radius 2 is 2.15 bits per heavy atom. The molecule has 5 heteroatoms. The van der Waals surface area contributed by atoms with E-state index >= 15 is 0 Å². The molecule has 20 heavy (non-hydrogen) atoms. The molecule has 0 bridgehead atoms. The molecule has 3 aromatic rings. The van der Waals surface area contributed by atoms with E-state index < -0.39 is 0 Å². The molecule has 0 amide bonds. The first kappa shape index (κ1) is 13.2. The summed E-state index contributed by atoms with van der Waals surface area (Å²) in [5, 5.41) is 4.25. The fourth-order valence-electron chi connectivity index (χ4n) is 2.44. The maximum Gasteiger partial charge on any atom is 0.111 e. The van der Waals surface area contributed by atoms with Crippen LogP contribution in [0.4, 0.5) is 0 Å². The summed E-state index contributed by atoms with van der Waals surface area (Å²) in [6.07, 6.45) is 4.57. The van der Waals surface area contributed by atoms with Gasteiger partial charge in [-0.2, -0.15) is 5.10 Å². The predicted octanol–water partition coefficient (Wildman–Crippen LogP) is 3.02. The summed E-state index contributed by atoms with van der Waals surface area (Å²) < 4.78 is 4.19. The lowest BCUT2D eigenvalue weighted by Gasteiger charge is -2.09. The molecule has 0 fully saturated rings. The molecule has 1 aromatic carbocycles. The Morgan fingerprint density at radius 1 is 1.25 bits per heavy atom. The molecule has 3 rings (SSSR count). The smallest absolute Gasteiger partial charge is 0.111 e. The summed E-state index contributed by atoms with van der Waals surface area (Å²) in [6, 6.07) is 8.30. The lowest BCUT2D eigenvalue weighted by Crippen LogP contribution is -2.11. The van der Waals surface area contributed by atoms with Crippen LogP contribution in [0.15, 0.2) is 36.7 Å². The number of halogens is 1. The van der Waals surface area contributed by atoms with Gasteiger partial charge in [0.2, 0.25) is 0 Å². The number of fused-ring (bicyclic) bond motifs is 1. The maximum absolute atomic E-state index is 5.90. The largest absolute Gasteiger partial charge is 0.326 e. The van der Waals surface area contributed by atoms with Crippen molar-refractivity contribution in [2.75, 3.05) is 5.88 Å². The number of hydrogen-bond acceptors (Lipinski definition) is 2. The minimum Gasteiger partial charge on any atom is -0.326 e. The van der Waals surface area contributed by atoms with Gasteiger partial charge in [0.15, 0.2) is 0 Å². The van der Waals surface area contributed by atoms with Crippen LogP contribution in [-0.4, -0.2) is 25.2 Å². The van der Waals surface area contributed by atoms with E-state index in [-0.39, 0.29) is 0 Å². The lowest BCUT2D eigenvalue weighted by molar-refractivity contribution is 0.530. The summed E-state index contributed by atoms with van der Waals surface area (Å²) in [7, 11) is 0. The molecule has 0 aliphatic rings. The van der Waals surface area contributed by atoms with Crippen molar-refractivity contribution >= 4 is 22.6 Å². The molecular weight excluding hydrogens is 272 g/mol. The summed E-state index contributed by atoms with van der Waals surface area (Å²) >= 11 is 5.90. The van der Waals surface area contributed by atoms with Gasteiger partial charge in [-0.05, 0) is 30.7 Å². The second-order valence-electron chi connectivity index (χ2n) is 4.88. The molecule has 0 unspecified atom stereocenters. The van der Waals surface area contributed by atoms with Gasteiger partial charge < -0.3 is 4.57 Å². The zero-order valence-electron chi connectivity index (χ0n) is 11.5. The molecule has 0 aliphatic heterocycles. The van der Waals surface area contributed by atoms with Gasteiger partial charge in [0.05, 0.1) is 17.6 Å². The van der Waals surface area contributed by atoms with Gasteiger partial charge in [0, 0.05) is 31.2 Å². The van der Waals surface area contributed by atoms with Crippen LogP contribution in [0.5, 0.6) is 0 Å². The third-order valence-corrected chi connectivity index (χ3v) is 3.60. The van der Waals surface area contributed by atoms with E-state index in [0.29, 0.717) is 5.88 Å². The van der Waals surface area contributed by atoms with E-state index in [1.54, 1.807) is 6.20 Å². The Morgan fingerprint density at radius 3 is 2.90 bits per heavy atom. The zero-order valence-corrected chi connectivity index (χ0v) is 12.2. The monoisotopic (exact) mass is 288 g/mol. The van der Waals surface area contributed by atoms with Gasteiger partial charge in [0.1, 0.15) is 5.82 Å². The highest BCUT2D eigenvalue weighted by molar-refractivity contribution is 6.17.